The monoisotopic (exact) mass is 1440 g/mol. The quantitative estimate of drug-likeness (QED) is 0.187. The van der Waals surface area contributed by atoms with E-state index in [-0.39, 0.29) is 89.3 Å². The van der Waals surface area contributed by atoms with E-state index in [4.69, 9.17) is 11.6 Å². The molecule has 1 aromatic carbocycles. The Kier molecular flexibility index (Phi) is 31.1. The molecule has 0 spiro atoms. The Balaban J connectivity index is 1.37. The largest absolute Gasteiger partial charge is 0.417 e. The van der Waals surface area contributed by atoms with Crippen LogP contribution >= 0.6 is 11.6 Å². The van der Waals surface area contributed by atoms with Gasteiger partial charge >= 0.3 is 6.18 Å². The summed E-state index contributed by atoms with van der Waals surface area (Å²) in [6.07, 6.45) is 4.13. The van der Waals surface area contributed by atoms with Crippen LogP contribution < -0.4 is 16.0 Å². The third-order valence-electron chi connectivity index (χ3n) is 21.5. The smallest absolute Gasteiger partial charge is 0.354 e. The molecule has 0 aromatic heterocycles. The topological polar surface area (TPSA) is 270 Å². The molecule has 3 N–H and O–H groups in total. The van der Waals surface area contributed by atoms with Crippen molar-refractivity contribution in [2.45, 2.75) is 250 Å². The molecule has 1 saturated carbocycles. The minimum atomic E-state index is -4.74. The molecule has 0 unspecified atom stereocenters. The van der Waals surface area contributed by atoms with Gasteiger partial charge in [0.05, 0.1) is 23.6 Å². The maximum Gasteiger partial charge on any atom is 0.417 e. The Hall–Kier alpha value is -7.06. The standard InChI is InChI=1S/C73H114ClF3N12O12/c1-14-25-54-70(99)89-39-34-55(89)68(97)84(11)57(42-48-26-18-16-19-27-48)67(96)81(8)44-59(90)79-52(33-31-49-30-32-50(51(74)41-49)73(75,76)77)66(95)88-38-24-28-53(88)64(93)78-35-21-20-29-60(91)86(13)63(46(5)6)72(101)85(12)58(69(98)87-36-22-17-23-37-87)43-61(92)82(9)56(40-45(3)4)65(94)80-62(47(7)15-2)71(100)83(54)10/h30,32,41,45-48,52-58,62-63H,14-29,31,33-40,42-44H2,1-13H3,(H,78,93)(H,79,90)(H,80,94)/t47-,52-,53-,54-,55-,56-,57-,58-,62-,63-/m0/s1. The highest BCUT2D eigenvalue weighted by atomic mass is 35.5. The van der Waals surface area contributed by atoms with Crippen LogP contribution in [0.3, 0.4) is 0 Å². The van der Waals surface area contributed by atoms with E-state index in [1.54, 1.807) is 25.7 Å². The van der Waals surface area contributed by atoms with Crippen molar-refractivity contribution in [2.24, 2.45) is 23.7 Å². The lowest BCUT2D eigenvalue weighted by Gasteiger charge is -2.46. The molecule has 4 heterocycles. The van der Waals surface area contributed by atoms with E-state index in [1.807, 2.05) is 27.7 Å². The van der Waals surface area contributed by atoms with Gasteiger partial charge in [-0.25, -0.2) is 0 Å². The van der Waals surface area contributed by atoms with E-state index in [0.29, 0.717) is 57.2 Å². The first-order chi connectivity index (χ1) is 47.6. The molecule has 566 valence electrons. The van der Waals surface area contributed by atoms with Crippen LogP contribution in [0.2, 0.25) is 5.02 Å². The molecular formula is C73H114ClF3N12O12. The van der Waals surface area contributed by atoms with E-state index in [9.17, 15) is 61.1 Å². The third-order valence-corrected chi connectivity index (χ3v) is 21.8. The molecule has 12 amide bonds. The van der Waals surface area contributed by atoms with Crippen molar-refractivity contribution in [1.82, 2.24) is 60.0 Å². The van der Waals surface area contributed by atoms with Gasteiger partial charge in [-0.1, -0.05) is 111 Å². The number of carbonyl (C=O) groups is 12. The van der Waals surface area contributed by atoms with Gasteiger partial charge in [0.15, 0.2) is 0 Å². The van der Waals surface area contributed by atoms with Crippen molar-refractivity contribution in [3.63, 3.8) is 0 Å². The number of fused-ring (bicyclic) bond motifs is 2. The van der Waals surface area contributed by atoms with Gasteiger partial charge in [0, 0.05) is 81.4 Å². The summed E-state index contributed by atoms with van der Waals surface area (Å²) in [4.78, 5) is 189. The molecule has 1 aliphatic carbocycles. The average Bonchev–Trinajstić information content (AvgIpc) is 1.26. The molecule has 4 saturated heterocycles. The molecule has 6 rings (SSSR count). The molecule has 28 heteroatoms. The Morgan fingerprint density at radius 3 is 1.84 bits per heavy atom. The lowest BCUT2D eigenvalue weighted by molar-refractivity contribution is -0.161. The first-order valence-corrected chi connectivity index (χ1v) is 37.2. The van der Waals surface area contributed by atoms with Crippen LogP contribution in [-0.2, 0) is 70.1 Å². The second kappa shape index (κ2) is 37.9. The summed E-state index contributed by atoms with van der Waals surface area (Å²) < 4.78 is 41.3. The van der Waals surface area contributed by atoms with Crippen molar-refractivity contribution in [1.29, 1.82) is 0 Å². The molecule has 0 radical (unpaired) electrons. The SMILES string of the molecule is CCC[C@H]1C(=O)N2CC[C@H]2C(=O)N(C)[C@@H](CC2CCCCC2)C(=O)N(C)CC(=O)N[C@@H](CCc2ccc(C(F)(F)F)c(Cl)c2)C(=O)N2CCC[C@H]2C(=O)NCCCCC(=O)N(C)[C@@H](C(C)C)C(=O)N(C)[C@H](C(=O)N2CCCCC2)CC(=O)N(C)[C@@H](CC(C)C)C(=O)N[C@@H]([C@@H](C)CC)C(=O)N1C. The lowest BCUT2D eigenvalue weighted by Crippen LogP contribution is -2.65. The number of likely N-dealkylation sites (tertiary alicyclic amines) is 1. The zero-order valence-corrected chi connectivity index (χ0v) is 62.7. The predicted molar refractivity (Wildman–Crippen MR) is 376 cm³/mol. The van der Waals surface area contributed by atoms with Gasteiger partial charge in [-0.3, -0.25) is 57.5 Å². The second-order valence-corrected chi connectivity index (χ2v) is 30.1. The fraction of sp³-hybridized carbons (Fsp3) is 0.753. The third kappa shape index (κ3) is 21.5. The van der Waals surface area contributed by atoms with Crippen LogP contribution in [-0.4, -0.2) is 251 Å². The number of aryl methyl sites for hydroxylation is 1. The first kappa shape index (κ1) is 82.9. The van der Waals surface area contributed by atoms with Crippen molar-refractivity contribution in [3.8, 4) is 0 Å². The maximum absolute atomic E-state index is 15.1. The number of piperidine rings is 1. The number of hydrogen-bond acceptors (Lipinski definition) is 12. The van der Waals surface area contributed by atoms with Crippen LogP contribution in [0.5, 0.6) is 0 Å². The highest BCUT2D eigenvalue weighted by Crippen LogP contribution is 2.36. The molecule has 4 aliphatic heterocycles. The van der Waals surface area contributed by atoms with Gasteiger partial charge in [0.1, 0.15) is 54.4 Å². The number of nitrogens with zero attached hydrogens (tertiary/aromatic N) is 9. The number of amides is 12. The van der Waals surface area contributed by atoms with E-state index >= 15 is 9.59 Å². The summed E-state index contributed by atoms with van der Waals surface area (Å²) in [5.41, 5.74) is -0.727. The van der Waals surface area contributed by atoms with Crippen molar-refractivity contribution in [2.75, 3.05) is 81.6 Å². The van der Waals surface area contributed by atoms with Crippen molar-refractivity contribution >= 4 is 82.5 Å². The molecule has 5 fully saturated rings. The van der Waals surface area contributed by atoms with E-state index < -0.39 is 167 Å². The maximum atomic E-state index is 15.1. The Morgan fingerprint density at radius 2 is 1.25 bits per heavy atom. The molecule has 0 bridgehead atoms. The molecule has 10 atom stereocenters. The van der Waals surface area contributed by atoms with Crippen molar-refractivity contribution < 1.29 is 70.7 Å². The van der Waals surface area contributed by atoms with Gasteiger partial charge in [-0.05, 0) is 125 Å². The number of carbonyl (C=O) groups excluding carboxylic acids is 12. The molecule has 5 aliphatic rings. The fourth-order valence-corrected chi connectivity index (χ4v) is 15.2. The summed E-state index contributed by atoms with van der Waals surface area (Å²) in [6, 6.07) is -7.17. The average molecular weight is 1440 g/mol. The van der Waals surface area contributed by atoms with E-state index in [1.165, 1.54) is 87.6 Å². The zero-order valence-electron chi connectivity index (χ0n) is 62.0. The summed E-state index contributed by atoms with van der Waals surface area (Å²) in [6.45, 7) is 13.4. The molecule has 24 nitrogen and oxygen atoms in total. The summed E-state index contributed by atoms with van der Waals surface area (Å²) in [5, 5.41) is 8.06. The fourth-order valence-electron chi connectivity index (χ4n) is 14.9. The Bertz CT molecular complexity index is 3090. The number of benzene rings is 1. The summed E-state index contributed by atoms with van der Waals surface area (Å²) in [7, 11) is 8.78. The van der Waals surface area contributed by atoms with E-state index in [0.717, 1.165) is 50.7 Å². The lowest BCUT2D eigenvalue weighted by atomic mass is 9.84. The van der Waals surface area contributed by atoms with Crippen LogP contribution in [0, 0.1) is 23.7 Å². The first-order valence-electron chi connectivity index (χ1n) is 36.8. The van der Waals surface area contributed by atoms with Gasteiger partial charge < -0.3 is 60.0 Å². The summed E-state index contributed by atoms with van der Waals surface area (Å²) in [5.74, 6) is -7.95. The number of nitrogens with one attached hydrogen (secondary N) is 3. The van der Waals surface area contributed by atoms with Crippen LogP contribution in [0.4, 0.5) is 13.2 Å². The number of rotatable bonds is 13. The number of halogens is 4. The highest BCUT2D eigenvalue weighted by Gasteiger charge is 2.48. The zero-order chi connectivity index (χ0) is 74.9. The number of alkyl halides is 3. The van der Waals surface area contributed by atoms with Crippen molar-refractivity contribution in [3.05, 3.63) is 34.3 Å². The molecular weight excluding hydrogens is 1330 g/mol. The number of likely N-dealkylation sites (N-methyl/N-ethyl adjacent to an activating group) is 6. The minimum Gasteiger partial charge on any atom is -0.354 e. The normalized spacial score (nSPS) is 26.8. The van der Waals surface area contributed by atoms with Crippen LogP contribution in [0.25, 0.3) is 0 Å². The van der Waals surface area contributed by atoms with Crippen LogP contribution in [0.15, 0.2) is 18.2 Å². The Morgan fingerprint density at radius 1 is 0.604 bits per heavy atom. The van der Waals surface area contributed by atoms with E-state index in [2.05, 4.69) is 16.0 Å². The van der Waals surface area contributed by atoms with Crippen LogP contribution in [0.1, 0.15) is 194 Å². The highest BCUT2D eigenvalue weighted by molar-refractivity contribution is 6.31. The molecule has 101 heavy (non-hydrogen) atoms. The second-order valence-electron chi connectivity index (χ2n) is 29.7. The number of hydrogen-bond donors (Lipinski definition) is 3. The molecule has 1 aromatic rings. The van der Waals surface area contributed by atoms with Gasteiger partial charge in [-0.15, -0.1) is 0 Å². The van der Waals surface area contributed by atoms with Gasteiger partial charge in [0.2, 0.25) is 70.9 Å². The summed E-state index contributed by atoms with van der Waals surface area (Å²) >= 11 is 6.12. The van der Waals surface area contributed by atoms with Gasteiger partial charge in [-0.2, -0.15) is 13.2 Å². The van der Waals surface area contributed by atoms with Gasteiger partial charge in [0.25, 0.3) is 0 Å². The minimum absolute atomic E-state index is 0.0319. The Labute approximate surface area is 600 Å². The predicted octanol–water partition coefficient (Wildman–Crippen LogP) is 6.67.